The number of rotatable bonds is 1. The third-order valence-corrected chi connectivity index (χ3v) is 1.72. The average Bonchev–Trinajstić information content (AvgIpc) is 2.49. The van der Waals surface area contributed by atoms with Crippen molar-refractivity contribution in [2.75, 3.05) is 12.8 Å². The zero-order valence-electron chi connectivity index (χ0n) is 6.66. The molecule has 0 radical (unpaired) electrons. The number of nitrogens with two attached hydrogens (primary N) is 1. The van der Waals surface area contributed by atoms with Crippen LogP contribution in [-0.2, 0) is 0 Å². The predicted molar refractivity (Wildman–Crippen MR) is 47.1 cm³/mol. The van der Waals surface area contributed by atoms with Gasteiger partial charge in [-0.15, -0.1) is 0 Å². The molecule has 12 heavy (non-hydrogen) atoms. The molecule has 0 aliphatic rings. The first-order valence-electron chi connectivity index (χ1n) is 3.59. The Hall–Kier alpha value is -1.71. The van der Waals surface area contributed by atoms with Gasteiger partial charge in [0.2, 0.25) is 5.88 Å². The Labute approximate surface area is 69.4 Å². The Kier molecular flexibility index (Phi) is 1.40. The van der Waals surface area contributed by atoms with E-state index in [-0.39, 0.29) is 0 Å². The molecule has 0 aliphatic heterocycles. The van der Waals surface area contributed by atoms with E-state index < -0.39 is 0 Å². The molecule has 3 N–H and O–H groups in total. The van der Waals surface area contributed by atoms with Crippen LogP contribution in [0.3, 0.4) is 0 Å². The lowest BCUT2D eigenvalue weighted by atomic mass is 10.3. The summed E-state index contributed by atoms with van der Waals surface area (Å²) in [6.45, 7) is 0. The lowest BCUT2D eigenvalue weighted by Gasteiger charge is -2.01. The highest BCUT2D eigenvalue weighted by atomic mass is 16.5. The highest BCUT2D eigenvalue weighted by Crippen LogP contribution is 2.22. The van der Waals surface area contributed by atoms with Crippen molar-refractivity contribution < 1.29 is 4.74 Å². The van der Waals surface area contributed by atoms with E-state index in [1.807, 2.05) is 18.3 Å². The average molecular weight is 163 g/mol. The summed E-state index contributed by atoms with van der Waals surface area (Å²) in [6.07, 6.45) is 1.82. The second-order valence-corrected chi connectivity index (χ2v) is 2.50. The molecule has 2 aromatic rings. The number of aromatic nitrogens is 2. The highest BCUT2D eigenvalue weighted by molar-refractivity contribution is 5.80. The number of pyridine rings is 1. The number of methoxy groups -OCH3 is 1. The fraction of sp³-hybridized carbons (Fsp3) is 0.125. The molecule has 0 spiro atoms. The Morgan fingerprint density at radius 3 is 3.17 bits per heavy atom. The molecular weight excluding hydrogens is 154 g/mol. The van der Waals surface area contributed by atoms with E-state index in [2.05, 4.69) is 9.97 Å². The van der Waals surface area contributed by atoms with Crippen molar-refractivity contribution in [3.8, 4) is 5.88 Å². The van der Waals surface area contributed by atoms with Gasteiger partial charge >= 0.3 is 0 Å². The minimum atomic E-state index is 0.463. The maximum absolute atomic E-state index is 5.65. The first-order chi connectivity index (χ1) is 5.81. The molecule has 2 rings (SSSR count). The van der Waals surface area contributed by atoms with Gasteiger partial charge in [-0.05, 0) is 12.1 Å². The van der Waals surface area contributed by atoms with Crippen molar-refractivity contribution in [1.82, 2.24) is 9.97 Å². The Bertz CT molecular complexity index is 408. The second kappa shape index (κ2) is 2.41. The van der Waals surface area contributed by atoms with Gasteiger partial charge in [-0.1, -0.05) is 0 Å². The van der Waals surface area contributed by atoms with Crippen LogP contribution in [0.15, 0.2) is 18.3 Å². The summed E-state index contributed by atoms with van der Waals surface area (Å²) in [7, 11) is 1.55. The molecule has 0 fully saturated rings. The van der Waals surface area contributed by atoms with Gasteiger partial charge in [-0.25, -0.2) is 0 Å². The second-order valence-electron chi connectivity index (χ2n) is 2.50. The normalized spacial score (nSPS) is 10.4. The molecule has 0 atom stereocenters. The molecule has 62 valence electrons. The van der Waals surface area contributed by atoms with E-state index in [9.17, 15) is 0 Å². The fourth-order valence-corrected chi connectivity index (χ4v) is 1.14. The van der Waals surface area contributed by atoms with E-state index in [4.69, 9.17) is 10.5 Å². The van der Waals surface area contributed by atoms with E-state index in [0.29, 0.717) is 11.6 Å². The summed E-state index contributed by atoms with van der Waals surface area (Å²) in [5.74, 6) is 0.463. The Morgan fingerprint density at radius 2 is 2.42 bits per heavy atom. The number of anilines is 1. The van der Waals surface area contributed by atoms with Gasteiger partial charge in [-0.2, -0.15) is 4.98 Å². The first kappa shape index (κ1) is 6.97. The summed E-state index contributed by atoms with van der Waals surface area (Å²) in [5.41, 5.74) is 7.01. The van der Waals surface area contributed by atoms with E-state index in [1.165, 1.54) is 0 Å². The van der Waals surface area contributed by atoms with Gasteiger partial charge < -0.3 is 15.5 Å². The summed E-state index contributed by atoms with van der Waals surface area (Å²) in [4.78, 5) is 7.13. The minimum absolute atomic E-state index is 0.463. The van der Waals surface area contributed by atoms with Crippen LogP contribution in [0.1, 0.15) is 0 Å². The number of H-pyrrole nitrogens is 1. The molecule has 0 amide bonds. The predicted octanol–water partition coefficient (Wildman–Crippen LogP) is 1.15. The largest absolute Gasteiger partial charge is 0.479 e. The van der Waals surface area contributed by atoms with Crippen molar-refractivity contribution in [2.24, 2.45) is 0 Å². The van der Waals surface area contributed by atoms with Crippen molar-refractivity contribution in [3.05, 3.63) is 18.3 Å². The first-order valence-corrected chi connectivity index (χ1v) is 3.59. The van der Waals surface area contributed by atoms with Crippen molar-refractivity contribution in [3.63, 3.8) is 0 Å². The van der Waals surface area contributed by atoms with Gasteiger partial charge in [0.15, 0.2) is 0 Å². The zero-order chi connectivity index (χ0) is 8.55. The van der Waals surface area contributed by atoms with Crippen molar-refractivity contribution >= 4 is 16.7 Å². The van der Waals surface area contributed by atoms with Crippen LogP contribution in [0, 0.1) is 0 Å². The van der Waals surface area contributed by atoms with Crippen LogP contribution >= 0.6 is 0 Å². The van der Waals surface area contributed by atoms with Gasteiger partial charge in [0.1, 0.15) is 5.65 Å². The zero-order valence-corrected chi connectivity index (χ0v) is 6.66. The maximum Gasteiger partial charge on any atom is 0.238 e. The van der Waals surface area contributed by atoms with Crippen LogP contribution in [0.5, 0.6) is 5.88 Å². The third-order valence-electron chi connectivity index (χ3n) is 1.72. The molecule has 4 nitrogen and oxygen atoms in total. The summed E-state index contributed by atoms with van der Waals surface area (Å²) < 4.78 is 4.97. The lowest BCUT2D eigenvalue weighted by Crippen LogP contribution is -1.94. The number of ether oxygens (including phenoxy) is 1. The number of nitrogens with zero attached hydrogens (tertiary/aromatic N) is 1. The highest BCUT2D eigenvalue weighted by Gasteiger charge is 2.03. The minimum Gasteiger partial charge on any atom is -0.479 e. The number of hydrogen-bond acceptors (Lipinski definition) is 3. The Morgan fingerprint density at radius 1 is 1.58 bits per heavy atom. The smallest absolute Gasteiger partial charge is 0.238 e. The molecule has 0 unspecified atom stereocenters. The molecular formula is C8H9N3O. The number of hydrogen-bond donors (Lipinski definition) is 2. The van der Waals surface area contributed by atoms with Gasteiger partial charge in [0, 0.05) is 11.6 Å². The van der Waals surface area contributed by atoms with E-state index in [1.54, 1.807) is 7.11 Å². The molecule has 0 aliphatic carbocycles. The summed E-state index contributed by atoms with van der Waals surface area (Å²) >= 11 is 0. The molecule has 0 saturated carbocycles. The summed E-state index contributed by atoms with van der Waals surface area (Å²) in [6, 6.07) is 3.75. The molecule has 0 bridgehead atoms. The number of aromatic amines is 1. The summed E-state index contributed by atoms with van der Waals surface area (Å²) in [5, 5.41) is 0.994. The molecule has 4 heteroatoms. The standard InChI is InChI=1S/C8H9N3O/c1-12-8-6(9)4-5-2-3-10-7(5)11-8/h2-4H,9H2,1H3,(H,10,11). The van der Waals surface area contributed by atoms with Crippen LogP contribution in [0.4, 0.5) is 5.69 Å². The van der Waals surface area contributed by atoms with Crippen LogP contribution in [0.25, 0.3) is 11.0 Å². The monoisotopic (exact) mass is 163 g/mol. The van der Waals surface area contributed by atoms with E-state index >= 15 is 0 Å². The number of fused-ring (bicyclic) bond motifs is 1. The number of nitrogens with one attached hydrogen (secondary N) is 1. The molecule has 2 heterocycles. The van der Waals surface area contributed by atoms with Gasteiger partial charge in [0.25, 0.3) is 0 Å². The van der Waals surface area contributed by atoms with Crippen molar-refractivity contribution in [1.29, 1.82) is 0 Å². The Balaban J connectivity index is 2.73. The van der Waals surface area contributed by atoms with E-state index in [0.717, 1.165) is 11.0 Å². The molecule has 2 aromatic heterocycles. The van der Waals surface area contributed by atoms with Gasteiger partial charge in [-0.3, -0.25) is 0 Å². The topological polar surface area (TPSA) is 63.9 Å². The fourth-order valence-electron chi connectivity index (χ4n) is 1.14. The quantitative estimate of drug-likeness (QED) is 0.662. The third kappa shape index (κ3) is 0.887. The SMILES string of the molecule is COc1nc2[nH]ccc2cc1N. The van der Waals surface area contributed by atoms with Crippen molar-refractivity contribution in [2.45, 2.75) is 0 Å². The number of nitrogen functional groups attached to an aromatic ring is 1. The molecule has 0 aromatic carbocycles. The van der Waals surface area contributed by atoms with Gasteiger partial charge in [0.05, 0.1) is 12.8 Å². The lowest BCUT2D eigenvalue weighted by molar-refractivity contribution is 0.402. The molecule has 0 saturated heterocycles. The van der Waals surface area contributed by atoms with Crippen LogP contribution in [-0.4, -0.2) is 17.1 Å². The van der Waals surface area contributed by atoms with Crippen LogP contribution in [0.2, 0.25) is 0 Å². The van der Waals surface area contributed by atoms with Crippen LogP contribution < -0.4 is 10.5 Å². The maximum atomic E-state index is 5.65.